The molecule has 0 saturated carbocycles. The summed E-state index contributed by atoms with van der Waals surface area (Å²) in [5.41, 5.74) is 3.22. The fraction of sp³-hybridized carbons (Fsp3) is 0.321. The Labute approximate surface area is 238 Å². The van der Waals surface area contributed by atoms with Gasteiger partial charge >= 0.3 is 0 Å². The van der Waals surface area contributed by atoms with Crippen LogP contribution in [0.25, 0.3) is 0 Å². The van der Waals surface area contributed by atoms with Crippen LogP contribution in [0.5, 0.6) is 5.75 Å². The molecular weight excluding hydrogens is 551 g/mol. The number of thiazole rings is 1. The molecule has 1 aromatic carbocycles. The van der Waals surface area contributed by atoms with E-state index in [1.807, 2.05) is 21.8 Å². The average Bonchev–Trinajstić information content (AvgIpc) is 3.67. The van der Waals surface area contributed by atoms with Gasteiger partial charge in [0.2, 0.25) is 5.95 Å². The minimum atomic E-state index is -0.945. The number of pyridine rings is 1. The van der Waals surface area contributed by atoms with E-state index in [-0.39, 0.29) is 18.1 Å². The molecule has 2 atom stereocenters. The standard InChI is InChI=1S/C28H29FN6O3S2/c1-40(37)34-16-22(17-34)38-21-8-6-20(7-9-21)35-13-3-4-24(35)23-18-39-28(31-23)32-27(36)25-5-2-12-33(25)15-19-10-11-30-26(29)14-19/h2,5-12,14,18,22,24H,3-4,13,15-17H2,1H3,(H,31,32,36)/t24-,40?/m1/s1. The monoisotopic (exact) mass is 580 g/mol. The van der Waals surface area contributed by atoms with E-state index in [9.17, 15) is 13.7 Å². The van der Waals surface area contributed by atoms with Crippen molar-refractivity contribution in [1.29, 1.82) is 0 Å². The van der Waals surface area contributed by atoms with Gasteiger partial charge < -0.3 is 18.8 Å². The van der Waals surface area contributed by atoms with Crippen LogP contribution >= 0.6 is 11.3 Å². The van der Waals surface area contributed by atoms with E-state index >= 15 is 0 Å². The summed E-state index contributed by atoms with van der Waals surface area (Å²) < 4.78 is 34.7. The number of nitrogens with one attached hydrogen (secondary N) is 1. The zero-order valence-electron chi connectivity index (χ0n) is 21.9. The first-order valence-corrected chi connectivity index (χ1v) is 15.5. The number of hydrogen-bond donors (Lipinski definition) is 1. The van der Waals surface area contributed by atoms with Crippen molar-refractivity contribution in [2.75, 3.05) is 36.1 Å². The number of nitrogens with zero attached hydrogens (tertiary/aromatic N) is 5. The Morgan fingerprint density at radius 2 is 2.08 bits per heavy atom. The zero-order valence-corrected chi connectivity index (χ0v) is 23.5. The largest absolute Gasteiger partial charge is 0.598 e. The molecule has 4 aromatic rings. The summed E-state index contributed by atoms with van der Waals surface area (Å²) in [4.78, 5) is 23.8. The quantitative estimate of drug-likeness (QED) is 0.230. The van der Waals surface area contributed by atoms with Crippen LogP contribution in [0.3, 0.4) is 0 Å². The van der Waals surface area contributed by atoms with Crippen LogP contribution in [-0.4, -0.2) is 61.3 Å². The van der Waals surface area contributed by atoms with Crippen molar-refractivity contribution in [2.45, 2.75) is 31.5 Å². The summed E-state index contributed by atoms with van der Waals surface area (Å²) in [6, 6.07) is 14.8. The molecular formula is C28H29FN6O3S2. The minimum Gasteiger partial charge on any atom is -0.598 e. The highest BCUT2D eigenvalue weighted by molar-refractivity contribution is 7.88. The number of benzene rings is 1. The topological polar surface area (TPSA) is 98.6 Å². The van der Waals surface area contributed by atoms with Gasteiger partial charge in [-0.3, -0.25) is 10.1 Å². The Bertz CT molecular complexity index is 1470. The Hall–Kier alpha value is -3.45. The van der Waals surface area contributed by atoms with E-state index in [0.29, 0.717) is 30.5 Å². The van der Waals surface area contributed by atoms with E-state index in [0.717, 1.165) is 42.1 Å². The summed E-state index contributed by atoms with van der Waals surface area (Å²) in [7, 11) is 0. The second kappa shape index (κ2) is 11.6. The summed E-state index contributed by atoms with van der Waals surface area (Å²) >= 11 is 0.463. The average molecular weight is 581 g/mol. The molecule has 40 heavy (non-hydrogen) atoms. The van der Waals surface area contributed by atoms with Crippen LogP contribution in [0.1, 0.15) is 40.6 Å². The summed E-state index contributed by atoms with van der Waals surface area (Å²) in [6.45, 7) is 2.64. The smallest absolute Gasteiger partial charge is 0.274 e. The molecule has 0 bridgehead atoms. The summed E-state index contributed by atoms with van der Waals surface area (Å²) in [5.74, 6) is -0.00404. The number of rotatable bonds is 9. The molecule has 2 aliphatic heterocycles. The normalized spacial score (nSPS) is 18.5. The number of aromatic nitrogens is 3. The van der Waals surface area contributed by atoms with E-state index in [2.05, 4.69) is 27.3 Å². The van der Waals surface area contributed by atoms with Crippen molar-refractivity contribution >= 4 is 39.4 Å². The first kappa shape index (κ1) is 26.8. The lowest BCUT2D eigenvalue weighted by Gasteiger charge is -2.36. The third kappa shape index (κ3) is 5.85. The highest BCUT2D eigenvalue weighted by Gasteiger charge is 2.35. The number of carbonyl (C=O) groups is 1. The maximum Gasteiger partial charge on any atom is 0.274 e. The second-order valence-electron chi connectivity index (χ2n) is 9.90. The number of halogens is 1. The van der Waals surface area contributed by atoms with Crippen LogP contribution in [0.15, 0.2) is 66.3 Å². The zero-order chi connectivity index (χ0) is 27.6. The third-order valence-corrected chi connectivity index (χ3v) is 8.99. The molecule has 12 heteroatoms. The minimum absolute atomic E-state index is 0.0689. The van der Waals surface area contributed by atoms with Gasteiger partial charge in [0.05, 0.1) is 24.8 Å². The van der Waals surface area contributed by atoms with Crippen molar-refractivity contribution < 1.29 is 18.5 Å². The molecule has 6 rings (SSSR count). The molecule has 1 N–H and O–H groups in total. The van der Waals surface area contributed by atoms with Gasteiger partial charge in [0, 0.05) is 47.9 Å². The molecule has 9 nitrogen and oxygen atoms in total. The van der Waals surface area contributed by atoms with Crippen molar-refractivity contribution in [1.82, 2.24) is 18.8 Å². The van der Waals surface area contributed by atoms with Gasteiger partial charge in [-0.25, -0.2) is 9.97 Å². The van der Waals surface area contributed by atoms with Crippen LogP contribution in [0.4, 0.5) is 15.2 Å². The van der Waals surface area contributed by atoms with E-state index in [1.54, 1.807) is 35.2 Å². The van der Waals surface area contributed by atoms with Crippen molar-refractivity contribution in [2.24, 2.45) is 0 Å². The lowest BCUT2D eigenvalue weighted by molar-refractivity contribution is 0.0767. The fourth-order valence-corrected chi connectivity index (χ4v) is 6.63. The molecule has 2 fully saturated rings. The summed E-state index contributed by atoms with van der Waals surface area (Å²) in [6.07, 6.45) is 7.00. The molecule has 2 saturated heterocycles. The maximum absolute atomic E-state index is 13.5. The molecule has 0 radical (unpaired) electrons. The predicted octanol–water partition coefficient (Wildman–Crippen LogP) is 4.48. The molecule has 0 spiro atoms. The van der Waals surface area contributed by atoms with Gasteiger partial charge in [-0.05, 0) is 66.9 Å². The first-order valence-electron chi connectivity index (χ1n) is 13.1. The van der Waals surface area contributed by atoms with Crippen LogP contribution in [0.2, 0.25) is 0 Å². The third-order valence-electron chi connectivity index (χ3n) is 7.19. The highest BCUT2D eigenvalue weighted by Crippen LogP contribution is 2.38. The number of ether oxygens (including phenoxy) is 1. The number of amides is 1. The van der Waals surface area contributed by atoms with Gasteiger partial charge in [-0.2, -0.15) is 4.39 Å². The van der Waals surface area contributed by atoms with Crippen LogP contribution in [0, 0.1) is 5.95 Å². The van der Waals surface area contributed by atoms with Crippen molar-refractivity contribution in [3.8, 4) is 5.75 Å². The predicted molar refractivity (Wildman–Crippen MR) is 154 cm³/mol. The lowest BCUT2D eigenvalue weighted by Crippen LogP contribution is -2.55. The molecule has 0 aliphatic carbocycles. The Morgan fingerprint density at radius 3 is 2.85 bits per heavy atom. The van der Waals surface area contributed by atoms with Gasteiger partial charge in [0.25, 0.3) is 5.91 Å². The molecule has 2 aliphatic rings. The molecule has 5 heterocycles. The molecule has 3 aromatic heterocycles. The van der Waals surface area contributed by atoms with Crippen molar-refractivity contribution in [3.05, 3.63) is 89.2 Å². The fourth-order valence-electron chi connectivity index (χ4n) is 5.13. The Balaban J connectivity index is 1.08. The van der Waals surface area contributed by atoms with Gasteiger partial charge in [0.15, 0.2) is 5.13 Å². The van der Waals surface area contributed by atoms with Crippen LogP contribution in [-0.2, 0) is 17.9 Å². The number of hydrogen-bond acceptors (Lipinski definition) is 8. The van der Waals surface area contributed by atoms with Gasteiger partial charge in [0.1, 0.15) is 23.8 Å². The SMILES string of the molecule is C[S+]([O-])N1CC(Oc2ccc(N3CCC[C@@H]3c3csc(NC(=O)c4cccn4Cc4ccnc(F)c4)n3)cc2)C1. The first-order chi connectivity index (χ1) is 19.4. The van der Waals surface area contributed by atoms with Crippen molar-refractivity contribution in [3.63, 3.8) is 0 Å². The van der Waals surface area contributed by atoms with E-state index in [4.69, 9.17) is 9.72 Å². The van der Waals surface area contributed by atoms with Gasteiger partial charge in [-0.1, -0.05) is 0 Å². The molecule has 1 unspecified atom stereocenters. The van der Waals surface area contributed by atoms with E-state index < -0.39 is 17.3 Å². The lowest BCUT2D eigenvalue weighted by atomic mass is 10.1. The van der Waals surface area contributed by atoms with Gasteiger partial charge in [-0.15, -0.1) is 15.6 Å². The number of carbonyl (C=O) groups excluding carboxylic acids is 1. The van der Waals surface area contributed by atoms with E-state index in [1.165, 1.54) is 23.6 Å². The molecule has 1 amide bonds. The Kier molecular flexibility index (Phi) is 7.74. The number of anilines is 2. The highest BCUT2D eigenvalue weighted by atomic mass is 32.2. The molecule has 208 valence electrons. The Morgan fingerprint density at radius 1 is 1.25 bits per heavy atom. The maximum atomic E-state index is 13.5. The second-order valence-corrected chi connectivity index (χ2v) is 12.1. The summed E-state index contributed by atoms with van der Waals surface area (Å²) in [5, 5.41) is 5.48. The van der Waals surface area contributed by atoms with Crippen LogP contribution < -0.4 is 15.0 Å².